The molecule has 9 nitrogen and oxygen atoms in total. The highest BCUT2D eigenvalue weighted by molar-refractivity contribution is 5.97. The minimum Gasteiger partial charge on any atom is -0.494 e. The molecule has 0 spiro atoms. The Bertz CT molecular complexity index is 1030. The first-order chi connectivity index (χ1) is 16.9. The topological polar surface area (TPSA) is 113 Å². The lowest BCUT2D eigenvalue weighted by Crippen LogP contribution is -2.42. The summed E-state index contributed by atoms with van der Waals surface area (Å²) in [6.45, 7) is 13.1. The summed E-state index contributed by atoms with van der Waals surface area (Å²) in [5, 5.41) is 2.47. The van der Waals surface area contributed by atoms with Crippen LogP contribution in [-0.4, -0.2) is 50.9 Å². The van der Waals surface area contributed by atoms with E-state index in [0.29, 0.717) is 5.56 Å². The van der Waals surface area contributed by atoms with E-state index in [9.17, 15) is 18.8 Å². The number of nitrogens with one attached hydrogen (secondary N) is 1. The van der Waals surface area contributed by atoms with Gasteiger partial charge in [0.2, 0.25) is 5.76 Å². The number of aliphatic imine (C=N–C) groups is 1. The zero-order valence-corrected chi connectivity index (χ0v) is 22.0. The lowest BCUT2D eigenvalue weighted by Gasteiger charge is -2.29. The van der Waals surface area contributed by atoms with Gasteiger partial charge in [-0.2, -0.15) is 0 Å². The van der Waals surface area contributed by atoms with E-state index in [1.54, 1.807) is 19.9 Å². The van der Waals surface area contributed by atoms with Crippen LogP contribution in [0.3, 0.4) is 0 Å². The minimum atomic E-state index is -1.09. The van der Waals surface area contributed by atoms with Gasteiger partial charge in [0.1, 0.15) is 12.1 Å². The number of carbonyl (C=O) groups is 3. The van der Waals surface area contributed by atoms with Gasteiger partial charge < -0.3 is 24.3 Å². The van der Waals surface area contributed by atoms with Crippen LogP contribution >= 0.6 is 0 Å². The Balaban J connectivity index is 3.10. The van der Waals surface area contributed by atoms with Crippen molar-refractivity contribution in [3.05, 3.63) is 52.9 Å². The number of amides is 1. The first-order valence-electron chi connectivity index (χ1n) is 11.4. The van der Waals surface area contributed by atoms with Crippen LogP contribution < -0.4 is 10.1 Å². The summed E-state index contributed by atoms with van der Waals surface area (Å²) in [7, 11) is 2.71. The van der Waals surface area contributed by atoms with E-state index >= 15 is 0 Å². The number of hydrogen-bond acceptors (Lipinski definition) is 8. The van der Waals surface area contributed by atoms with Crippen LogP contribution in [0.5, 0.6) is 5.75 Å². The molecule has 3 atom stereocenters. The third-order valence-electron chi connectivity index (χ3n) is 5.33. The molecule has 0 aliphatic rings. The minimum absolute atomic E-state index is 0.00424. The van der Waals surface area contributed by atoms with Crippen molar-refractivity contribution in [3.8, 4) is 5.75 Å². The van der Waals surface area contributed by atoms with Gasteiger partial charge in [0, 0.05) is 12.8 Å². The van der Waals surface area contributed by atoms with Gasteiger partial charge >= 0.3 is 11.9 Å². The number of nitrogens with zero attached hydrogens (tertiary/aromatic N) is 1. The Morgan fingerprint density at radius 2 is 1.78 bits per heavy atom. The van der Waals surface area contributed by atoms with E-state index in [0.717, 1.165) is 6.92 Å². The van der Waals surface area contributed by atoms with E-state index in [2.05, 4.69) is 17.0 Å². The maximum absolute atomic E-state index is 14.3. The van der Waals surface area contributed by atoms with Crippen molar-refractivity contribution in [1.82, 2.24) is 5.32 Å². The fraction of sp³-hybridized carbons (Fsp3) is 0.462. The highest BCUT2D eigenvalue weighted by atomic mass is 19.1. The second-order valence-corrected chi connectivity index (χ2v) is 8.29. The first kappa shape index (κ1) is 30.3. The van der Waals surface area contributed by atoms with E-state index in [1.807, 2.05) is 13.8 Å². The van der Waals surface area contributed by atoms with Crippen LogP contribution in [0, 0.1) is 11.7 Å². The molecule has 36 heavy (non-hydrogen) atoms. The summed E-state index contributed by atoms with van der Waals surface area (Å²) in [4.78, 5) is 40.9. The van der Waals surface area contributed by atoms with Crippen LogP contribution in [0.25, 0.3) is 0 Å². The number of rotatable bonds is 12. The molecule has 1 aromatic carbocycles. The smallest absolute Gasteiger partial charge is 0.328 e. The number of methoxy groups -OCH3 is 2. The number of carbonyl (C=O) groups excluding carboxylic acids is 3. The summed E-state index contributed by atoms with van der Waals surface area (Å²) >= 11 is 0. The van der Waals surface area contributed by atoms with Crippen molar-refractivity contribution in [1.29, 1.82) is 0 Å². The molecule has 1 aromatic rings. The molecular formula is C26H35FN2O7. The molecule has 0 bridgehead atoms. The van der Waals surface area contributed by atoms with Crippen LogP contribution in [0.4, 0.5) is 4.39 Å². The summed E-state index contributed by atoms with van der Waals surface area (Å²) < 4.78 is 35.1. The Morgan fingerprint density at radius 3 is 2.22 bits per heavy atom. The van der Waals surface area contributed by atoms with E-state index in [4.69, 9.17) is 18.9 Å². The third-order valence-corrected chi connectivity index (χ3v) is 5.33. The van der Waals surface area contributed by atoms with Gasteiger partial charge in [-0.05, 0) is 57.2 Å². The van der Waals surface area contributed by atoms with Gasteiger partial charge in [-0.15, -0.1) is 0 Å². The lowest BCUT2D eigenvalue weighted by molar-refractivity contribution is -0.153. The highest BCUT2D eigenvalue weighted by Gasteiger charge is 2.30. The average molecular weight is 507 g/mol. The molecule has 10 heteroatoms. The van der Waals surface area contributed by atoms with Gasteiger partial charge in [-0.25, -0.2) is 9.18 Å². The van der Waals surface area contributed by atoms with Crippen molar-refractivity contribution < 1.29 is 37.7 Å². The Morgan fingerprint density at radius 1 is 1.14 bits per heavy atom. The summed E-state index contributed by atoms with van der Waals surface area (Å²) in [5.74, 6) is -3.12. The Labute approximate surface area is 211 Å². The van der Waals surface area contributed by atoms with Gasteiger partial charge in [0.15, 0.2) is 23.0 Å². The Hall–Kier alpha value is -3.69. The molecule has 0 aliphatic carbocycles. The molecule has 0 saturated heterocycles. The number of hydrogen-bond donors (Lipinski definition) is 1. The SMILES string of the molecule is C=N/C(C(=O)N[C@@H](C)C(=O)O[C@@H](C)[C@H](c1ccc(OC)c(F)c1)C(C)C)=C(OC(C)=O)\C(=C/C)OC. The molecule has 1 rings (SSSR count). The molecular weight excluding hydrogens is 471 g/mol. The fourth-order valence-corrected chi connectivity index (χ4v) is 3.72. The van der Waals surface area contributed by atoms with Crippen molar-refractivity contribution in [3.63, 3.8) is 0 Å². The highest BCUT2D eigenvalue weighted by Crippen LogP contribution is 2.32. The maximum Gasteiger partial charge on any atom is 0.328 e. The lowest BCUT2D eigenvalue weighted by atomic mass is 9.84. The van der Waals surface area contributed by atoms with Gasteiger partial charge in [0.25, 0.3) is 5.91 Å². The van der Waals surface area contributed by atoms with E-state index in [-0.39, 0.29) is 34.8 Å². The zero-order chi connectivity index (χ0) is 27.6. The van der Waals surface area contributed by atoms with Crippen LogP contribution in [-0.2, 0) is 28.6 Å². The largest absolute Gasteiger partial charge is 0.494 e. The summed E-state index contributed by atoms with van der Waals surface area (Å²) in [5.41, 5.74) is 0.299. The monoisotopic (exact) mass is 506 g/mol. The molecule has 1 N–H and O–H groups in total. The number of esters is 2. The molecule has 0 radical (unpaired) electrons. The Kier molecular flexibility index (Phi) is 11.8. The first-order valence-corrected chi connectivity index (χ1v) is 11.4. The molecule has 0 aliphatic heterocycles. The molecule has 198 valence electrons. The molecule has 0 unspecified atom stereocenters. The van der Waals surface area contributed by atoms with Gasteiger partial charge in [-0.1, -0.05) is 19.9 Å². The summed E-state index contributed by atoms with van der Waals surface area (Å²) in [6.07, 6.45) is 0.835. The molecule has 0 saturated carbocycles. The normalized spacial score (nSPS) is 14.7. The average Bonchev–Trinajstić information content (AvgIpc) is 2.79. The predicted octanol–water partition coefficient (Wildman–Crippen LogP) is 4.04. The van der Waals surface area contributed by atoms with Crippen molar-refractivity contribution in [2.45, 2.75) is 59.6 Å². The summed E-state index contributed by atoms with van der Waals surface area (Å²) in [6, 6.07) is 3.51. The van der Waals surface area contributed by atoms with E-state index < -0.39 is 35.8 Å². The van der Waals surface area contributed by atoms with Crippen LogP contribution in [0.1, 0.15) is 53.0 Å². The molecule has 1 amide bonds. The number of benzene rings is 1. The van der Waals surface area contributed by atoms with Crippen molar-refractivity contribution >= 4 is 24.6 Å². The number of allylic oxidation sites excluding steroid dienone is 1. The number of ether oxygens (including phenoxy) is 4. The zero-order valence-electron chi connectivity index (χ0n) is 22.0. The molecule has 0 heterocycles. The van der Waals surface area contributed by atoms with Crippen molar-refractivity contribution in [2.24, 2.45) is 10.9 Å². The predicted molar refractivity (Wildman–Crippen MR) is 133 cm³/mol. The van der Waals surface area contributed by atoms with Gasteiger partial charge in [0.05, 0.1) is 14.2 Å². The second kappa shape index (κ2) is 14.0. The van der Waals surface area contributed by atoms with Crippen molar-refractivity contribution in [2.75, 3.05) is 14.2 Å². The molecule has 0 fully saturated rings. The standard InChI is InChI=1S/C26H35FN2O7/c1-10-20(33-8)24(36-17(6)30)23(28-7)25(31)29-15(4)26(32)35-16(5)22(14(2)3)18-11-12-21(34-9)19(27)13-18/h10-16,22H,7H2,1-6,8-9H3,(H,29,31)/b20-10+,24-23+/t15-,16-,22+/m0/s1. The van der Waals surface area contributed by atoms with Crippen LogP contribution in [0.15, 0.2) is 46.5 Å². The number of halogens is 1. The third kappa shape index (κ3) is 7.93. The molecule has 0 aromatic heterocycles. The van der Waals surface area contributed by atoms with E-state index in [1.165, 1.54) is 39.4 Å². The van der Waals surface area contributed by atoms with Crippen LogP contribution in [0.2, 0.25) is 0 Å². The maximum atomic E-state index is 14.3. The quantitative estimate of drug-likeness (QED) is 0.150. The fourth-order valence-electron chi connectivity index (χ4n) is 3.72. The second-order valence-electron chi connectivity index (χ2n) is 8.29. The van der Waals surface area contributed by atoms with Gasteiger partial charge in [-0.3, -0.25) is 14.6 Å².